The minimum absolute atomic E-state index is 0.0294. The van der Waals surface area contributed by atoms with Crippen LogP contribution in [0.3, 0.4) is 0 Å². The van der Waals surface area contributed by atoms with Gasteiger partial charge in [0.1, 0.15) is 10.8 Å². The molecular weight excluding hydrogens is 247 g/mol. The molecule has 1 aromatic carbocycles. The van der Waals surface area contributed by atoms with Crippen molar-refractivity contribution in [2.75, 3.05) is 7.05 Å². The molecule has 0 spiro atoms. The molecule has 0 radical (unpaired) electrons. The highest BCUT2D eigenvalue weighted by molar-refractivity contribution is 7.11. The van der Waals surface area contributed by atoms with E-state index in [2.05, 4.69) is 17.2 Å². The van der Waals surface area contributed by atoms with Gasteiger partial charge in [0.15, 0.2) is 0 Å². The van der Waals surface area contributed by atoms with Crippen molar-refractivity contribution < 1.29 is 4.39 Å². The second-order valence-corrected chi connectivity index (χ2v) is 5.66. The first-order valence-electron chi connectivity index (χ1n) is 5.90. The molecule has 2 nitrogen and oxygen atoms in total. The summed E-state index contributed by atoms with van der Waals surface area (Å²) < 4.78 is 13.3. The number of nitrogens with one attached hydrogen (secondary N) is 1. The molecule has 1 unspecified atom stereocenters. The van der Waals surface area contributed by atoms with E-state index in [9.17, 15) is 4.39 Å². The average Bonchev–Trinajstić information content (AvgIpc) is 2.65. The predicted molar refractivity (Wildman–Crippen MR) is 73.6 cm³/mol. The summed E-state index contributed by atoms with van der Waals surface area (Å²) in [5.41, 5.74) is 2.77. The Morgan fingerprint density at radius 3 is 2.50 bits per heavy atom. The molecule has 0 aliphatic carbocycles. The van der Waals surface area contributed by atoms with Crippen LogP contribution in [0.1, 0.15) is 32.7 Å². The molecule has 0 saturated carbocycles. The standard InChI is InChI=1S/C14H17FN2S/c1-8-7-11(5-6-12(8)15)13(16-4)14-17-9(2)10(3)18-14/h5-7,13,16H,1-4H3. The lowest BCUT2D eigenvalue weighted by Gasteiger charge is -2.14. The average molecular weight is 264 g/mol. The number of hydrogen-bond donors (Lipinski definition) is 1. The Bertz CT molecular complexity index is 543. The molecule has 1 N–H and O–H groups in total. The van der Waals surface area contributed by atoms with Crippen molar-refractivity contribution in [2.24, 2.45) is 0 Å². The number of benzene rings is 1. The molecule has 0 saturated heterocycles. The van der Waals surface area contributed by atoms with Gasteiger partial charge in [0, 0.05) is 4.88 Å². The number of hydrogen-bond acceptors (Lipinski definition) is 3. The van der Waals surface area contributed by atoms with Crippen LogP contribution < -0.4 is 5.32 Å². The fraction of sp³-hybridized carbons (Fsp3) is 0.357. The van der Waals surface area contributed by atoms with Crippen LogP contribution in [0, 0.1) is 26.6 Å². The summed E-state index contributed by atoms with van der Waals surface area (Å²) in [5.74, 6) is -0.167. The van der Waals surface area contributed by atoms with E-state index in [0.29, 0.717) is 5.56 Å². The van der Waals surface area contributed by atoms with Crippen molar-refractivity contribution >= 4 is 11.3 Å². The molecule has 1 aromatic heterocycles. The van der Waals surface area contributed by atoms with Crippen LogP contribution in [0.5, 0.6) is 0 Å². The molecule has 1 heterocycles. The Hall–Kier alpha value is -1.26. The normalized spacial score (nSPS) is 12.7. The number of nitrogens with zero attached hydrogens (tertiary/aromatic N) is 1. The molecule has 0 amide bonds. The maximum Gasteiger partial charge on any atom is 0.126 e. The van der Waals surface area contributed by atoms with Gasteiger partial charge in [0.25, 0.3) is 0 Å². The quantitative estimate of drug-likeness (QED) is 0.917. The van der Waals surface area contributed by atoms with Gasteiger partial charge >= 0.3 is 0 Å². The minimum Gasteiger partial charge on any atom is -0.307 e. The largest absolute Gasteiger partial charge is 0.307 e. The van der Waals surface area contributed by atoms with E-state index >= 15 is 0 Å². The third-order valence-electron chi connectivity index (χ3n) is 3.10. The maximum absolute atomic E-state index is 13.3. The second kappa shape index (κ2) is 5.16. The summed E-state index contributed by atoms with van der Waals surface area (Å²) in [7, 11) is 1.90. The van der Waals surface area contributed by atoms with E-state index in [1.807, 2.05) is 26.1 Å². The summed E-state index contributed by atoms with van der Waals surface area (Å²) in [6.45, 7) is 5.86. The van der Waals surface area contributed by atoms with Gasteiger partial charge in [-0.2, -0.15) is 0 Å². The summed E-state index contributed by atoms with van der Waals surface area (Å²) >= 11 is 1.68. The molecular formula is C14H17FN2S. The predicted octanol–water partition coefficient (Wildman–Crippen LogP) is 3.52. The van der Waals surface area contributed by atoms with Crippen LogP contribution in [-0.4, -0.2) is 12.0 Å². The lowest BCUT2D eigenvalue weighted by Crippen LogP contribution is -2.17. The number of halogens is 1. The molecule has 2 rings (SSSR count). The zero-order valence-corrected chi connectivity index (χ0v) is 11.9. The first kappa shape index (κ1) is 13.2. The fourth-order valence-corrected chi connectivity index (χ4v) is 2.96. The van der Waals surface area contributed by atoms with Crippen LogP contribution in [-0.2, 0) is 0 Å². The highest BCUT2D eigenvalue weighted by Crippen LogP contribution is 2.28. The molecule has 96 valence electrons. The molecule has 0 aliphatic heterocycles. The zero-order valence-electron chi connectivity index (χ0n) is 11.0. The van der Waals surface area contributed by atoms with E-state index in [1.165, 1.54) is 10.9 Å². The van der Waals surface area contributed by atoms with E-state index < -0.39 is 0 Å². The topological polar surface area (TPSA) is 24.9 Å². The van der Waals surface area contributed by atoms with Gasteiger partial charge in [-0.15, -0.1) is 11.3 Å². The monoisotopic (exact) mass is 264 g/mol. The zero-order chi connectivity index (χ0) is 13.3. The summed E-state index contributed by atoms with van der Waals surface area (Å²) in [5, 5.41) is 4.27. The Labute approximate surface area is 111 Å². The van der Waals surface area contributed by atoms with E-state index in [0.717, 1.165) is 16.3 Å². The Balaban J connectivity index is 2.41. The van der Waals surface area contributed by atoms with E-state index in [-0.39, 0.29) is 11.9 Å². The molecule has 18 heavy (non-hydrogen) atoms. The SMILES string of the molecule is CNC(c1ccc(F)c(C)c1)c1nc(C)c(C)s1. The van der Waals surface area contributed by atoms with Crippen molar-refractivity contribution in [1.82, 2.24) is 10.3 Å². The molecule has 0 bridgehead atoms. The Morgan fingerprint density at radius 2 is 2.00 bits per heavy atom. The number of rotatable bonds is 3. The van der Waals surface area contributed by atoms with Crippen molar-refractivity contribution in [3.8, 4) is 0 Å². The van der Waals surface area contributed by atoms with Gasteiger partial charge in [-0.3, -0.25) is 0 Å². The first-order valence-corrected chi connectivity index (χ1v) is 6.71. The molecule has 1 atom stereocenters. The number of thiazole rings is 1. The minimum atomic E-state index is -0.167. The van der Waals surface area contributed by atoms with Crippen molar-refractivity contribution in [3.63, 3.8) is 0 Å². The van der Waals surface area contributed by atoms with Crippen molar-refractivity contribution in [1.29, 1.82) is 0 Å². The van der Waals surface area contributed by atoms with Crippen molar-refractivity contribution in [3.05, 3.63) is 50.7 Å². The lowest BCUT2D eigenvalue weighted by molar-refractivity contribution is 0.613. The fourth-order valence-electron chi connectivity index (χ4n) is 1.90. The van der Waals surface area contributed by atoms with Gasteiger partial charge in [-0.05, 0) is 45.0 Å². The Morgan fingerprint density at radius 1 is 1.28 bits per heavy atom. The van der Waals surface area contributed by atoms with E-state index in [1.54, 1.807) is 18.3 Å². The van der Waals surface area contributed by atoms with Gasteiger partial charge in [0.05, 0.1) is 11.7 Å². The summed E-state index contributed by atoms with van der Waals surface area (Å²) in [6.07, 6.45) is 0. The van der Waals surface area contributed by atoms with Gasteiger partial charge < -0.3 is 5.32 Å². The highest BCUT2D eigenvalue weighted by Gasteiger charge is 2.17. The van der Waals surface area contributed by atoms with Crippen LogP contribution in [0.15, 0.2) is 18.2 Å². The molecule has 0 fully saturated rings. The Kier molecular flexibility index (Phi) is 3.78. The number of aryl methyl sites for hydroxylation is 3. The summed E-state index contributed by atoms with van der Waals surface area (Å²) in [6, 6.07) is 5.24. The summed E-state index contributed by atoms with van der Waals surface area (Å²) in [4.78, 5) is 5.80. The van der Waals surface area contributed by atoms with E-state index in [4.69, 9.17) is 0 Å². The molecule has 2 aromatic rings. The lowest BCUT2D eigenvalue weighted by atomic mass is 10.0. The second-order valence-electron chi connectivity index (χ2n) is 4.42. The first-order chi connectivity index (χ1) is 8.52. The van der Waals surface area contributed by atoms with Crippen molar-refractivity contribution in [2.45, 2.75) is 26.8 Å². The van der Waals surface area contributed by atoms with Gasteiger partial charge in [0.2, 0.25) is 0 Å². The molecule has 0 aliphatic rings. The van der Waals surface area contributed by atoms with Crippen LogP contribution >= 0.6 is 11.3 Å². The van der Waals surface area contributed by atoms with Gasteiger partial charge in [-0.1, -0.05) is 12.1 Å². The third kappa shape index (κ3) is 2.44. The van der Waals surface area contributed by atoms with Gasteiger partial charge in [-0.25, -0.2) is 9.37 Å². The maximum atomic E-state index is 13.3. The van der Waals surface area contributed by atoms with Crippen LogP contribution in [0.4, 0.5) is 4.39 Å². The third-order valence-corrected chi connectivity index (χ3v) is 4.23. The van der Waals surface area contributed by atoms with Crippen LogP contribution in [0.25, 0.3) is 0 Å². The van der Waals surface area contributed by atoms with Crippen LogP contribution in [0.2, 0.25) is 0 Å². The smallest absolute Gasteiger partial charge is 0.126 e. The highest BCUT2D eigenvalue weighted by atomic mass is 32.1. The number of aromatic nitrogens is 1. The molecule has 4 heteroatoms.